The Balaban J connectivity index is 1.42. The predicted molar refractivity (Wildman–Crippen MR) is 221 cm³/mol. The normalized spacial score (nSPS) is 35.7. The number of ether oxygens (including phenoxy) is 8. The Labute approximate surface area is 366 Å². The van der Waals surface area contributed by atoms with Crippen molar-refractivity contribution >= 4 is 0 Å². The molecule has 1 aromatic rings. The van der Waals surface area contributed by atoms with Crippen molar-refractivity contribution in [1.29, 1.82) is 0 Å². The summed E-state index contributed by atoms with van der Waals surface area (Å²) in [7, 11) is 2.80. The van der Waals surface area contributed by atoms with Crippen LogP contribution in [0, 0.1) is 12.8 Å². The smallest absolute Gasteiger partial charge is 0.261 e. The van der Waals surface area contributed by atoms with Crippen molar-refractivity contribution in [1.82, 2.24) is 4.98 Å². The molecule has 0 aliphatic carbocycles. The Morgan fingerprint density at radius 3 is 1.81 bits per heavy atom. The highest BCUT2D eigenvalue weighted by Gasteiger charge is 2.49. The van der Waals surface area contributed by atoms with E-state index in [0.29, 0.717) is 24.1 Å². The highest BCUT2D eigenvalue weighted by Crippen LogP contribution is 2.41. The second-order valence-corrected chi connectivity index (χ2v) is 16.1. The van der Waals surface area contributed by atoms with Crippen LogP contribution in [0.15, 0.2) is 47.1 Å². The standard InChI is InChI=1S/C43H67NO19/c1-9-21(4)37(62-43-36(55)33(52)30(49)27(61-43)18-58-41-34(53)31(50)28(47)25(16-45)59-41)22(5)15-20(3)12-10-11-19(2)13-14-24-23(6)38(39(56-7)40(44-24)57-8)63-42-35(54)32(51)29(48)26(17-46)60-42/h9-10,12-13,15,22,25-37,41-43,45-55H,11,14,16-18H2,1-8H3/b12-10+,19-13+,20-15+,21-9+/t22-,25-,26-,27-,28+,29-,30-,31+,32+,33+,34-,35-,36-,37+,41+,42-,43+/m1/s1. The van der Waals surface area contributed by atoms with Gasteiger partial charge in [0.05, 0.1) is 45.8 Å². The fourth-order valence-electron chi connectivity index (χ4n) is 7.45. The van der Waals surface area contributed by atoms with E-state index in [1.807, 2.05) is 65.0 Å². The molecule has 3 fully saturated rings. The molecule has 1 aromatic heterocycles. The largest absolute Gasteiger partial charge is 0.489 e. The van der Waals surface area contributed by atoms with Crippen molar-refractivity contribution in [3.63, 3.8) is 0 Å². The topological polar surface area (TPSA) is 309 Å². The van der Waals surface area contributed by atoms with E-state index < -0.39 is 118 Å². The third-order valence-electron chi connectivity index (χ3n) is 11.5. The molecule has 0 saturated carbocycles. The molecule has 0 bridgehead atoms. The summed E-state index contributed by atoms with van der Waals surface area (Å²) in [5, 5.41) is 113. The molecule has 3 aliphatic heterocycles. The van der Waals surface area contributed by atoms with E-state index in [0.717, 1.165) is 16.7 Å². The van der Waals surface area contributed by atoms with Gasteiger partial charge >= 0.3 is 0 Å². The van der Waals surface area contributed by atoms with Gasteiger partial charge in [-0.15, -0.1) is 0 Å². The van der Waals surface area contributed by atoms with E-state index in [1.165, 1.54) is 14.2 Å². The molecular weight excluding hydrogens is 834 g/mol. The van der Waals surface area contributed by atoms with Crippen LogP contribution in [0.25, 0.3) is 0 Å². The first kappa shape index (κ1) is 52.5. The molecule has 0 unspecified atom stereocenters. The molecule has 3 aliphatic rings. The van der Waals surface area contributed by atoms with E-state index in [2.05, 4.69) is 4.98 Å². The lowest BCUT2D eigenvalue weighted by Gasteiger charge is -2.43. The van der Waals surface area contributed by atoms with Crippen molar-refractivity contribution in [2.24, 2.45) is 5.92 Å². The van der Waals surface area contributed by atoms with Gasteiger partial charge in [0.1, 0.15) is 73.2 Å². The van der Waals surface area contributed by atoms with Gasteiger partial charge in [0.2, 0.25) is 12.0 Å². The molecule has 4 heterocycles. The Hall–Kier alpha value is -3.13. The molecule has 11 N–H and O–H groups in total. The number of hydrogen-bond acceptors (Lipinski definition) is 20. The summed E-state index contributed by atoms with van der Waals surface area (Å²) >= 11 is 0. The minimum atomic E-state index is -1.70. The molecule has 0 radical (unpaired) electrons. The van der Waals surface area contributed by atoms with Crippen LogP contribution in [0.4, 0.5) is 0 Å². The average Bonchev–Trinajstić information content (AvgIpc) is 3.27. The van der Waals surface area contributed by atoms with E-state index in [-0.39, 0.29) is 23.3 Å². The van der Waals surface area contributed by atoms with Gasteiger partial charge < -0.3 is 94.1 Å². The third-order valence-corrected chi connectivity index (χ3v) is 11.5. The Morgan fingerprint density at radius 2 is 1.25 bits per heavy atom. The van der Waals surface area contributed by atoms with E-state index >= 15 is 0 Å². The predicted octanol–water partition coefficient (Wildman–Crippen LogP) is -1.42. The van der Waals surface area contributed by atoms with Gasteiger partial charge in [-0.2, -0.15) is 0 Å². The molecule has 0 spiro atoms. The first-order chi connectivity index (χ1) is 29.8. The maximum Gasteiger partial charge on any atom is 0.261 e. The molecule has 17 atom stereocenters. The second kappa shape index (κ2) is 23.9. The van der Waals surface area contributed by atoms with Crippen LogP contribution >= 0.6 is 0 Å². The number of pyridine rings is 1. The first-order valence-electron chi connectivity index (χ1n) is 20.8. The van der Waals surface area contributed by atoms with Gasteiger partial charge in [-0.1, -0.05) is 48.5 Å². The molecule has 0 amide bonds. The zero-order chi connectivity index (χ0) is 46.9. The van der Waals surface area contributed by atoms with Gasteiger partial charge in [0, 0.05) is 17.9 Å². The van der Waals surface area contributed by atoms with Gasteiger partial charge in [0.25, 0.3) is 5.88 Å². The fraction of sp³-hybridized carbons (Fsp3) is 0.698. The Kier molecular flexibility index (Phi) is 19.9. The molecule has 3 saturated heterocycles. The Morgan fingerprint density at radius 1 is 0.714 bits per heavy atom. The summed E-state index contributed by atoms with van der Waals surface area (Å²) in [6.45, 7) is 9.41. The number of nitrogens with zero attached hydrogens (tertiary/aromatic N) is 1. The summed E-state index contributed by atoms with van der Waals surface area (Å²) < 4.78 is 45.6. The highest BCUT2D eigenvalue weighted by molar-refractivity contribution is 5.54. The number of rotatable bonds is 19. The van der Waals surface area contributed by atoms with Crippen LogP contribution < -0.4 is 14.2 Å². The zero-order valence-electron chi connectivity index (χ0n) is 36.9. The molecular formula is C43H67NO19. The van der Waals surface area contributed by atoms with Crippen molar-refractivity contribution in [2.75, 3.05) is 34.0 Å². The first-order valence-corrected chi connectivity index (χ1v) is 20.8. The number of allylic oxidation sites excluding steroid dienone is 6. The molecule has 358 valence electrons. The Bertz CT molecular complexity index is 1740. The lowest BCUT2D eigenvalue weighted by molar-refractivity contribution is -0.335. The van der Waals surface area contributed by atoms with Crippen LogP contribution in [0.3, 0.4) is 0 Å². The summed E-state index contributed by atoms with van der Waals surface area (Å²) in [6, 6.07) is 0. The monoisotopic (exact) mass is 901 g/mol. The van der Waals surface area contributed by atoms with Gasteiger partial charge in [0.15, 0.2) is 18.3 Å². The SMILES string of the molecule is C/C=C(\C)[C@H](O[C@@H]1O[C@H](CO[C@H]2O[C@H](CO)[C@H](O)[C@H](O)[C@H]2O)[C@@H](O)[C@H](O)[C@H]1O)[C@H](C)/C=C(C)/C=C/C/C(C)=C/Cc1nc(OC)c(OC)c(O[C@H]2O[C@H](CO)[C@@H](O)[C@H](O)[C@H]2O)c1C. The molecule has 63 heavy (non-hydrogen) atoms. The minimum Gasteiger partial charge on any atom is -0.489 e. The lowest BCUT2D eigenvalue weighted by atomic mass is 9.94. The number of aromatic nitrogens is 1. The summed E-state index contributed by atoms with van der Waals surface area (Å²) in [6.07, 6.45) is -12.9. The maximum absolute atomic E-state index is 10.9. The lowest BCUT2D eigenvalue weighted by Crippen LogP contribution is -2.62. The van der Waals surface area contributed by atoms with Gasteiger partial charge in [-0.3, -0.25) is 0 Å². The van der Waals surface area contributed by atoms with E-state index in [9.17, 15) is 56.2 Å². The molecule has 0 aromatic carbocycles. The highest BCUT2D eigenvalue weighted by atomic mass is 16.7. The number of aliphatic hydroxyl groups excluding tert-OH is 11. The van der Waals surface area contributed by atoms with Crippen molar-refractivity contribution in [3.05, 3.63) is 58.4 Å². The van der Waals surface area contributed by atoms with E-state index in [4.69, 9.17) is 37.9 Å². The zero-order valence-corrected chi connectivity index (χ0v) is 36.9. The van der Waals surface area contributed by atoms with Crippen molar-refractivity contribution in [3.8, 4) is 17.4 Å². The fourth-order valence-corrected chi connectivity index (χ4v) is 7.45. The van der Waals surface area contributed by atoms with Crippen LogP contribution in [0.5, 0.6) is 17.4 Å². The van der Waals surface area contributed by atoms with E-state index in [1.54, 1.807) is 6.92 Å². The van der Waals surface area contributed by atoms with Gasteiger partial charge in [-0.05, 0) is 46.6 Å². The summed E-state index contributed by atoms with van der Waals surface area (Å²) in [5.41, 5.74) is 3.79. The third kappa shape index (κ3) is 12.6. The van der Waals surface area contributed by atoms with Crippen LogP contribution in [0.2, 0.25) is 0 Å². The number of aliphatic hydroxyl groups is 11. The quantitative estimate of drug-likeness (QED) is 0.0561. The van der Waals surface area contributed by atoms with Crippen LogP contribution in [-0.2, 0) is 30.1 Å². The second-order valence-electron chi connectivity index (χ2n) is 16.1. The van der Waals surface area contributed by atoms with Gasteiger partial charge in [-0.25, -0.2) is 4.98 Å². The average molecular weight is 902 g/mol. The summed E-state index contributed by atoms with van der Waals surface area (Å²) in [4.78, 5) is 4.60. The van der Waals surface area contributed by atoms with Crippen molar-refractivity contribution < 1.29 is 94.1 Å². The van der Waals surface area contributed by atoms with Crippen molar-refractivity contribution in [2.45, 2.75) is 153 Å². The minimum absolute atomic E-state index is 0.105. The number of methoxy groups -OCH3 is 2. The maximum atomic E-state index is 10.9. The number of hydrogen-bond donors (Lipinski definition) is 11. The molecule has 4 rings (SSSR count). The molecule has 20 heteroatoms. The molecule has 20 nitrogen and oxygen atoms in total. The van der Waals surface area contributed by atoms with Crippen LogP contribution in [-0.4, -0.2) is 193 Å². The summed E-state index contributed by atoms with van der Waals surface area (Å²) in [5.74, 6) is 0.0762. The van der Waals surface area contributed by atoms with Crippen LogP contribution in [0.1, 0.15) is 52.3 Å².